The molecule has 1 aromatic rings. The number of carbonyl (C=O) groups excluding carboxylic acids is 1. The molecule has 0 spiro atoms. The van der Waals surface area contributed by atoms with E-state index in [1.807, 2.05) is 0 Å². The summed E-state index contributed by atoms with van der Waals surface area (Å²) in [5.74, 6) is -1.89. The first-order chi connectivity index (χ1) is 9.31. The molecule has 0 aromatic heterocycles. The summed E-state index contributed by atoms with van der Waals surface area (Å²) >= 11 is 17.3. The Balaban J connectivity index is 2.49. The molecule has 20 heavy (non-hydrogen) atoms. The van der Waals surface area contributed by atoms with Crippen molar-refractivity contribution in [1.82, 2.24) is 5.32 Å². The van der Waals surface area contributed by atoms with Gasteiger partial charge in [-0.1, -0.05) is 34.8 Å². The highest BCUT2D eigenvalue weighted by Crippen LogP contribution is 2.33. The molecule has 0 saturated carbocycles. The van der Waals surface area contributed by atoms with Crippen molar-refractivity contribution in [3.63, 3.8) is 0 Å². The molecule has 6 nitrogen and oxygen atoms in total. The standard InChI is InChI=1S/C11H10Cl3NO5/c12-5-1-7(14)9(2-6(5)13)20-4-10(17)15-3-8(16)11(18)19/h1-2,8,16H,3-4H2,(H,15,17)(H,18,19). The normalized spacial score (nSPS) is 11.8. The molecule has 1 unspecified atom stereocenters. The highest BCUT2D eigenvalue weighted by molar-refractivity contribution is 6.43. The Morgan fingerprint density at radius 1 is 1.20 bits per heavy atom. The van der Waals surface area contributed by atoms with Gasteiger partial charge in [0, 0.05) is 6.07 Å². The monoisotopic (exact) mass is 341 g/mol. The third-order valence-electron chi connectivity index (χ3n) is 2.11. The Hall–Kier alpha value is -1.21. The zero-order valence-corrected chi connectivity index (χ0v) is 12.2. The lowest BCUT2D eigenvalue weighted by Gasteiger charge is -2.10. The Kier molecular flexibility index (Phi) is 6.35. The van der Waals surface area contributed by atoms with E-state index in [1.165, 1.54) is 12.1 Å². The van der Waals surface area contributed by atoms with Gasteiger partial charge in [-0.15, -0.1) is 0 Å². The van der Waals surface area contributed by atoms with Crippen molar-refractivity contribution in [2.24, 2.45) is 0 Å². The highest BCUT2D eigenvalue weighted by atomic mass is 35.5. The highest BCUT2D eigenvalue weighted by Gasteiger charge is 2.15. The van der Waals surface area contributed by atoms with Crippen LogP contribution in [-0.2, 0) is 9.59 Å². The molecule has 1 aromatic carbocycles. The van der Waals surface area contributed by atoms with Gasteiger partial charge in [0.05, 0.1) is 21.6 Å². The van der Waals surface area contributed by atoms with Crippen molar-refractivity contribution in [2.75, 3.05) is 13.2 Å². The van der Waals surface area contributed by atoms with E-state index in [0.29, 0.717) is 0 Å². The summed E-state index contributed by atoms with van der Waals surface area (Å²) in [5.41, 5.74) is 0. The third-order valence-corrected chi connectivity index (χ3v) is 3.13. The lowest BCUT2D eigenvalue weighted by atomic mass is 10.3. The third kappa shape index (κ3) is 5.05. The minimum atomic E-state index is -1.67. The van der Waals surface area contributed by atoms with Gasteiger partial charge in [-0.05, 0) is 6.07 Å². The second kappa shape index (κ2) is 7.54. The zero-order valence-electron chi connectivity index (χ0n) is 9.90. The van der Waals surface area contributed by atoms with Gasteiger partial charge in [0.1, 0.15) is 5.75 Å². The summed E-state index contributed by atoms with van der Waals surface area (Å²) in [5, 5.41) is 20.2. The number of benzene rings is 1. The van der Waals surface area contributed by atoms with E-state index in [2.05, 4.69) is 5.32 Å². The van der Waals surface area contributed by atoms with Crippen LogP contribution in [0, 0.1) is 0 Å². The first kappa shape index (κ1) is 16.8. The Bertz CT molecular complexity index is 523. The van der Waals surface area contributed by atoms with Gasteiger partial charge < -0.3 is 20.3 Å². The van der Waals surface area contributed by atoms with Crippen LogP contribution in [-0.4, -0.2) is 41.3 Å². The van der Waals surface area contributed by atoms with Gasteiger partial charge in [-0.3, -0.25) is 4.79 Å². The van der Waals surface area contributed by atoms with Crippen LogP contribution >= 0.6 is 34.8 Å². The molecule has 0 radical (unpaired) electrons. The first-order valence-electron chi connectivity index (χ1n) is 5.26. The molecule has 0 aliphatic rings. The molecule has 110 valence electrons. The molecule has 1 atom stereocenters. The van der Waals surface area contributed by atoms with Crippen LogP contribution in [0.2, 0.25) is 15.1 Å². The summed E-state index contributed by atoms with van der Waals surface area (Å²) in [6.07, 6.45) is -1.67. The lowest BCUT2D eigenvalue weighted by molar-refractivity contribution is -0.146. The van der Waals surface area contributed by atoms with Gasteiger partial charge in [-0.25, -0.2) is 4.79 Å². The first-order valence-corrected chi connectivity index (χ1v) is 6.39. The van der Waals surface area contributed by atoms with Crippen molar-refractivity contribution >= 4 is 46.7 Å². The molecule has 0 aliphatic heterocycles. The number of ether oxygens (including phenoxy) is 1. The average Bonchev–Trinajstić information content (AvgIpc) is 2.38. The van der Waals surface area contributed by atoms with E-state index in [9.17, 15) is 9.59 Å². The number of halogens is 3. The van der Waals surface area contributed by atoms with Crippen molar-refractivity contribution in [3.05, 3.63) is 27.2 Å². The number of aliphatic carboxylic acids is 1. The number of aliphatic hydroxyl groups is 1. The molecule has 0 fully saturated rings. The number of hydrogen-bond acceptors (Lipinski definition) is 4. The second-order valence-corrected chi connectivity index (χ2v) is 4.87. The predicted molar refractivity (Wildman–Crippen MR) is 73.6 cm³/mol. The number of nitrogens with one attached hydrogen (secondary N) is 1. The zero-order chi connectivity index (χ0) is 15.3. The molecule has 0 bridgehead atoms. The smallest absolute Gasteiger partial charge is 0.334 e. The predicted octanol–water partition coefficient (Wildman–Crippen LogP) is 1.59. The van der Waals surface area contributed by atoms with Crippen LogP contribution in [0.1, 0.15) is 0 Å². The Morgan fingerprint density at radius 3 is 2.40 bits per heavy atom. The molecule has 9 heteroatoms. The summed E-state index contributed by atoms with van der Waals surface area (Å²) in [6, 6.07) is 2.72. The number of aliphatic hydroxyl groups excluding tert-OH is 1. The number of carboxylic acid groups (broad SMARTS) is 1. The summed E-state index contributed by atoms with van der Waals surface area (Å²) in [6.45, 7) is -0.837. The number of amides is 1. The van der Waals surface area contributed by atoms with Gasteiger partial charge in [0.15, 0.2) is 12.7 Å². The van der Waals surface area contributed by atoms with Crippen molar-refractivity contribution < 1.29 is 24.5 Å². The molecule has 1 amide bonds. The largest absolute Gasteiger partial charge is 0.482 e. The van der Waals surface area contributed by atoms with Gasteiger partial charge >= 0.3 is 5.97 Å². The number of carboxylic acids is 1. The molecule has 3 N–H and O–H groups in total. The number of carbonyl (C=O) groups is 2. The van der Waals surface area contributed by atoms with Crippen LogP contribution < -0.4 is 10.1 Å². The average molecular weight is 343 g/mol. The SMILES string of the molecule is O=C(COc1cc(Cl)c(Cl)cc1Cl)NCC(O)C(=O)O. The molecular formula is C11H10Cl3NO5. The fraction of sp³-hybridized carbons (Fsp3) is 0.273. The fourth-order valence-electron chi connectivity index (χ4n) is 1.11. The van der Waals surface area contributed by atoms with Gasteiger partial charge in [0.2, 0.25) is 0 Å². The molecule has 0 heterocycles. The van der Waals surface area contributed by atoms with E-state index in [-0.39, 0.29) is 20.8 Å². The summed E-state index contributed by atoms with van der Waals surface area (Å²) < 4.78 is 5.11. The molecule has 0 aliphatic carbocycles. The maximum absolute atomic E-state index is 11.4. The lowest BCUT2D eigenvalue weighted by Crippen LogP contribution is -2.38. The Labute approximate surface area is 129 Å². The number of rotatable bonds is 6. The van der Waals surface area contributed by atoms with Crippen LogP contribution in [0.4, 0.5) is 0 Å². The van der Waals surface area contributed by atoms with E-state index < -0.39 is 31.1 Å². The topological polar surface area (TPSA) is 95.9 Å². The van der Waals surface area contributed by atoms with Crippen LogP contribution in [0.3, 0.4) is 0 Å². The molecule has 1 rings (SSSR count). The van der Waals surface area contributed by atoms with Crippen molar-refractivity contribution in [3.8, 4) is 5.75 Å². The van der Waals surface area contributed by atoms with E-state index in [4.69, 9.17) is 49.8 Å². The van der Waals surface area contributed by atoms with Crippen molar-refractivity contribution in [1.29, 1.82) is 0 Å². The van der Waals surface area contributed by atoms with Crippen LogP contribution in [0.5, 0.6) is 5.75 Å². The Morgan fingerprint density at radius 2 is 1.80 bits per heavy atom. The second-order valence-electron chi connectivity index (χ2n) is 3.64. The van der Waals surface area contributed by atoms with E-state index in [1.54, 1.807) is 0 Å². The van der Waals surface area contributed by atoms with Crippen LogP contribution in [0.15, 0.2) is 12.1 Å². The van der Waals surface area contributed by atoms with E-state index >= 15 is 0 Å². The summed E-state index contributed by atoms with van der Waals surface area (Å²) in [7, 11) is 0. The summed E-state index contributed by atoms with van der Waals surface area (Å²) in [4.78, 5) is 21.7. The minimum absolute atomic E-state index is 0.162. The minimum Gasteiger partial charge on any atom is -0.482 e. The van der Waals surface area contributed by atoms with Crippen LogP contribution in [0.25, 0.3) is 0 Å². The fourth-order valence-corrected chi connectivity index (χ4v) is 1.70. The van der Waals surface area contributed by atoms with Gasteiger partial charge in [0.25, 0.3) is 5.91 Å². The quantitative estimate of drug-likeness (QED) is 0.682. The maximum atomic E-state index is 11.4. The van der Waals surface area contributed by atoms with E-state index in [0.717, 1.165) is 0 Å². The molecule has 0 saturated heterocycles. The van der Waals surface area contributed by atoms with Crippen molar-refractivity contribution in [2.45, 2.75) is 6.10 Å². The molecular weight excluding hydrogens is 332 g/mol. The maximum Gasteiger partial charge on any atom is 0.334 e. The van der Waals surface area contributed by atoms with Gasteiger partial charge in [-0.2, -0.15) is 0 Å². The number of hydrogen-bond donors (Lipinski definition) is 3.